The van der Waals surface area contributed by atoms with Crippen LogP contribution in [0.25, 0.3) is 0 Å². The van der Waals surface area contributed by atoms with Gasteiger partial charge >= 0.3 is 0 Å². The molecule has 0 spiro atoms. The van der Waals surface area contributed by atoms with Gasteiger partial charge in [-0.1, -0.05) is 26.7 Å². The number of unbranched alkanes of at least 4 members (excludes halogenated alkanes) is 2. The molecule has 0 N–H and O–H groups in total. The van der Waals surface area contributed by atoms with Crippen LogP contribution in [0.5, 0.6) is 0 Å². The molecule has 2 atom stereocenters. The predicted octanol–water partition coefficient (Wildman–Crippen LogP) is 5.32. The van der Waals surface area contributed by atoms with Gasteiger partial charge in [-0.2, -0.15) is 0 Å². The van der Waals surface area contributed by atoms with E-state index in [1.807, 2.05) is 0 Å². The smallest absolute Gasteiger partial charge is 0.0894 e. The van der Waals surface area contributed by atoms with Gasteiger partial charge in [0.15, 0.2) is 0 Å². The molecule has 3 heteroatoms. The molecule has 0 saturated carbocycles. The summed E-state index contributed by atoms with van der Waals surface area (Å²) in [5.74, 6) is 0.493. The second kappa shape index (κ2) is 10.8. The van der Waals surface area contributed by atoms with Crippen molar-refractivity contribution in [1.29, 1.82) is 0 Å². The quantitative estimate of drug-likeness (QED) is 0.357. The summed E-state index contributed by atoms with van der Waals surface area (Å²) in [7, 11) is -1.23. The highest BCUT2D eigenvalue weighted by molar-refractivity contribution is 7.52. The van der Waals surface area contributed by atoms with Gasteiger partial charge in [-0.15, -0.1) is 0 Å². The van der Waals surface area contributed by atoms with E-state index in [1.165, 1.54) is 0 Å². The molecule has 0 aromatic heterocycles. The Morgan fingerprint density at radius 3 is 2.40 bits per heavy atom. The molecule has 0 aliphatic carbocycles. The third-order valence-electron chi connectivity index (χ3n) is 2.70. The average molecular weight is 238 g/mol. The van der Waals surface area contributed by atoms with Crippen molar-refractivity contribution >= 4 is 8.23 Å². The van der Waals surface area contributed by atoms with Crippen LogP contribution in [0, 0.1) is 5.92 Å². The molecule has 0 aliphatic rings. The van der Waals surface area contributed by atoms with Crippen molar-refractivity contribution < 1.29 is 8.59 Å². The highest BCUT2D eigenvalue weighted by Gasteiger charge is 2.09. The number of hydrogen-bond donors (Lipinski definition) is 0. The van der Waals surface area contributed by atoms with Crippen LogP contribution in [0.1, 0.15) is 52.4 Å². The standard InChI is InChI=1S/C12H25F2P/c1-3-4-5-10-15(14)11-8-12(2)7-6-9-13/h12H,3-11H2,1-2H3. The Balaban J connectivity index is 3.31. The van der Waals surface area contributed by atoms with E-state index in [0.29, 0.717) is 12.3 Å². The Morgan fingerprint density at radius 2 is 1.80 bits per heavy atom. The van der Waals surface area contributed by atoms with Gasteiger partial charge in [0, 0.05) is 0 Å². The first-order valence-electron chi connectivity index (χ1n) is 6.17. The Hall–Kier alpha value is 0.290. The molecule has 0 radical (unpaired) electrons. The molecule has 0 heterocycles. The maximum atomic E-state index is 13.4. The third-order valence-corrected chi connectivity index (χ3v) is 4.24. The topological polar surface area (TPSA) is 0 Å². The van der Waals surface area contributed by atoms with Crippen molar-refractivity contribution in [1.82, 2.24) is 0 Å². The zero-order chi connectivity index (χ0) is 11.5. The Bertz CT molecular complexity index is 131. The zero-order valence-electron chi connectivity index (χ0n) is 10.1. The normalized spacial score (nSPS) is 15.2. The molecular formula is C12H25F2P. The minimum atomic E-state index is -1.23. The lowest BCUT2D eigenvalue weighted by atomic mass is 10.0. The molecule has 0 aromatic carbocycles. The summed E-state index contributed by atoms with van der Waals surface area (Å²) < 4.78 is 25.3. The highest BCUT2D eigenvalue weighted by Crippen LogP contribution is 2.40. The van der Waals surface area contributed by atoms with Crippen LogP contribution in [0.3, 0.4) is 0 Å². The van der Waals surface area contributed by atoms with E-state index in [-0.39, 0.29) is 6.67 Å². The van der Waals surface area contributed by atoms with Crippen molar-refractivity contribution in [2.45, 2.75) is 52.4 Å². The zero-order valence-corrected chi connectivity index (χ0v) is 11.0. The molecule has 92 valence electrons. The van der Waals surface area contributed by atoms with Gasteiger partial charge in [0.05, 0.1) is 14.9 Å². The van der Waals surface area contributed by atoms with Crippen LogP contribution in [-0.2, 0) is 0 Å². The first kappa shape index (κ1) is 15.3. The Morgan fingerprint density at radius 1 is 1.07 bits per heavy atom. The van der Waals surface area contributed by atoms with E-state index in [2.05, 4.69) is 13.8 Å². The molecule has 0 saturated heterocycles. The van der Waals surface area contributed by atoms with Gasteiger partial charge in [0.2, 0.25) is 0 Å². The largest absolute Gasteiger partial charge is 0.251 e. The van der Waals surface area contributed by atoms with E-state index < -0.39 is 8.23 Å². The van der Waals surface area contributed by atoms with Crippen molar-refractivity contribution in [3.05, 3.63) is 0 Å². The van der Waals surface area contributed by atoms with Crippen LogP contribution < -0.4 is 0 Å². The van der Waals surface area contributed by atoms with Crippen molar-refractivity contribution in [3.8, 4) is 0 Å². The van der Waals surface area contributed by atoms with Crippen LogP contribution >= 0.6 is 8.23 Å². The lowest BCUT2D eigenvalue weighted by molar-refractivity contribution is 0.412. The van der Waals surface area contributed by atoms with Crippen LogP contribution in [-0.4, -0.2) is 19.0 Å². The number of halogens is 2. The van der Waals surface area contributed by atoms with E-state index in [4.69, 9.17) is 0 Å². The van der Waals surface area contributed by atoms with Crippen LogP contribution in [0.4, 0.5) is 8.59 Å². The molecule has 0 aliphatic heterocycles. The highest BCUT2D eigenvalue weighted by atomic mass is 31.2. The molecule has 0 rings (SSSR count). The summed E-state index contributed by atoms with van der Waals surface area (Å²) in [6.45, 7) is 4.01. The number of hydrogen-bond acceptors (Lipinski definition) is 0. The summed E-state index contributed by atoms with van der Waals surface area (Å²) in [5, 5.41) is 0. The van der Waals surface area contributed by atoms with Crippen molar-refractivity contribution in [3.63, 3.8) is 0 Å². The van der Waals surface area contributed by atoms with Crippen LogP contribution in [0.2, 0.25) is 0 Å². The SMILES string of the molecule is CCCCCP(F)CCC(C)CCCF. The maximum Gasteiger partial charge on any atom is 0.0894 e. The summed E-state index contributed by atoms with van der Waals surface area (Å²) in [6.07, 6.45) is 7.35. The van der Waals surface area contributed by atoms with E-state index in [9.17, 15) is 8.59 Å². The summed E-state index contributed by atoms with van der Waals surface area (Å²) >= 11 is 0. The fourth-order valence-corrected chi connectivity index (χ4v) is 3.09. The summed E-state index contributed by atoms with van der Waals surface area (Å²) in [6, 6.07) is 0. The molecule has 2 unspecified atom stereocenters. The van der Waals surface area contributed by atoms with Gasteiger partial charge in [-0.25, -0.2) is 4.20 Å². The van der Waals surface area contributed by atoms with Crippen LogP contribution in [0.15, 0.2) is 0 Å². The fourth-order valence-electron chi connectivity index (χ4n) is 1.58. The fraction of sp³-hybridized carbons (Fsp3) is 1.00. The maximum absolute atomic E-state index is 13.4. The van der Waals surface area contributed by atoms with Gasteiger partial charge in [-0.3, -0.25) is 4.39 Å². The first-order valence-corrected chi connectivity index (χ1v) is 7.77. The molecule has 0 aromatic rings. The van der Waals surface area contributed by atoms with E-state index >= 15 is 0 Å². The van der Waals surface area contributed by atoms with Gasteiger partial charge in [0.25, 0.3) is 0 Å². The Kier molecular flexibility index (Phi) is 11.0. The van der Waals surface area contributed by atoms with Gasteiger partial charge in [-0.05, 0) is 43.9 Å². The predicted molar refractivity (Wildman–Crippen MR) is 66.3 cm³/mol. The van der Waals surface area contributed by atoms with Crippen molar-refractivity contribution in [2.24, 2.45) is 5.92 Å². The second-order valence-electron chi connectivity index (χ2n) is 4.34. The average Bonchev–Trinajstić information content (AvgIpc) is 2.24. The van der Waals surface area contributed by atoms with E-state index in [0.717, 1.165) is 44.4 Å². The Labute approximate surface area is 94.7 Å². The monoisotopic (exact) mass is 238 g/mol. The minimum Gasteiger partial charge on any atom is -0.251 e. The molecule has 0 amide bonds. The second-order valence-corrected chi connectivity index (χ2v) is 6.16. The molecule has 0 fully saturated rings. The molecule has 0 bridgehead atoms. The van der Waals surface area contributed by atoms with Gasteiger partial charge in [0.1, 0.15) is 0 Å². The van der Waals surface area contributed by atoms with E-state index in [1.54, 1.807) is 0 Å². The van der Waals surface area contributed by atoms with Gasteiger partial charge < -0.3 is 0 Å². The van der Waals surface area contributed by atoms with Crippen molar-refractivity contribution in [2.75, 3.05) is 19.0 Å². The number of rotatable bonds is 10. The summed E-state index contributed by atoms with van der Waals surface area (Å²) in [5.41, 5.74) is 0. The molecule has 15 heavy (non-hydrogen) atoms. The molecule has 0 nitrogen and oxygen atoms in total. The minimum absolute atomic E-state index is 0.231. The third kappa shape index (κ3) is 10.6. The molecular weight excluding hydrogens is 213 g/mol. The number of alkyl halides is 1. The first-order chi connectivity index (χ1) is 7.20. The summed E-state index contributed by atoms with van der Waals surface area (Å²) in [4.78, 5) is 0. The lowest BCUT2D eigenvalue weighted by Gasteiger charge is -2.12. The lowest BCUT2D eigenvalue weighted by Crippen LogP contribution is -1.98.